The highest BCUT2D eigenvalue weighted by atomic mass is 35.5. The number of aryl methyl sites for hydroxylation is 1. The van der Waals surface area contributed by atoms with Crippen LogP contribution in [0.5, 0.6) is 11.5 Å². The molecule has 0 saturated carbocycles. The van der Waals surface area contributed by atoms with Crippen molar-refractivity contribution in [2.45, 2.75) is 20.1 Å². The Kier molecular flexibility index (Phi) is 7.51. The summed E-state index contributed by atoms with van der Waals surface area (Å²) in [7, 11) is 1.54. The van der Waals surface area contributed by atoms with Gasteiger partial charge in [0.25, 0.3) is 11.1 Å². The SMILES string of the molecule is COc1cccc(/C=C2\SC(=O)N(Cc3ccc(C)cc3)C2=O)c1OCc1ccc(Cl)cc1Cl. The van der Waals surface area contributed by atoms with Crippen molar-refractivity contribution in [3.8, 4) is 11.5 Å². The lowest BCUT2D eigenvalue weighted by atomic mass is 10.1. The molecule has 1 aliphatic heterocycles. The van der Waals surface area contributed by atoms with Crippen LogP contribution in [0.15, 0.2) is 65.6 Å². The number of ether oxygens (including phenoxy) is 2. The van der Waals surface area contributed by atoms with E-state index in [0.29, 0.717) is 32.0 Å². The zero-order valence-corrected chi connectivity index (χ0v) is 20.8. The third kappa shape index (κ3) is 5.41. The summed E-state index contributed by atoms with van der Waals surface area (Å²) < 4.78 is 11.5. The first-order valence-electron chi connectivity index (χ1n) is 10.4. The molecule has 0 spiro atoms. The highest BCUT2D eigenvalue weighted by Gasteiger charge is 2.35. The van der Waals surface area contributed by atoms with E-state index in [-0.39, 0.29) is 24.3 Å². The lowest BCUT2D eigenvalue weighted by molar-refractivity contribution is -0.123. The molecule has 4 rings (SSSR count). The summed E-state index contributed by atoms with van der Waals surface area (Å²) in [5.74, 6) is 0.601. The summed E-state index contributed by atoms with van der Waals surface area (Å²) in [6, 6.07) is 18.3. The maximum Gasteiger partial charge on any atom is 0.293 e. The number of carbonyl (C=O) groups is 2. The van der Waals surface area contributed by atoms with Crippen molar-refractivity contribution in [2.75, 3.05) is 7.11 Å². The van der Waals surface area contributed by atoms with Crippen LogP contribution in [-0.4, -0.2) is 23.2 Å². The average Bonchev–Trinajstić information content (AvgIpc) is 3.07. The lowest BCUT2D eigenvalue weighted by Crippen LogP contribution is -2.27. The van der Waals surface area contributed by atoms with Gasteiger partial charge in [-0.1, -0.05) is 71.2 Å². The Balaban J connectivity index is 1.59. The highest BCUT2D eigenvalue weighted by Crippen LogP contribution is 2.38. The molecular formula is C26H21Cl2NO4S. The number of carbonyl (C=O) groups excluding carboxylic acids is 2. The van der Waals surface area contributed by atoms with Crippen LogP contribution in [0.4, 0.5) is 4.79 Å². The molecule has 1 heterocycles. The Morgan fingerprint density at radius 2 is 1.79 bits per heavy atom. The van der Waals surface area contributed by atoms with Crippen LogP contribution in [-0.2, 0) is 17.9 Å². The zero-order valence-electron chi connectivity index (χ0n) is 18.5. The number of methoxy groups -OCH3 is 1. The highest BCUT2D eigenvalue weighted by molar-refractivity contribution is 8.18. The van der Waals surface area contributed by atoms with E-state index >= 15 is 0 Å². The third-order valence-corrected chi connectivity index (χ3v) is 6.73. The molecule has 0 atom stereocenters. The van der Waals surface area contributed by atoms with Gasteiger partial charge in [0.1, 0.15) is 6.61 Å². The summed E-state index contributed by atoms with van der Waals surface area (Å²) in [5.41, 5.74) is 3.37. The number of rotatable bonds is 7. The van der Waals surface area contributed by atoms with E-state index in [1.807, 2.05) is 31.2 Å². The van der Waals surface area contributed by atoms with Gasteiger partial charge in [-0.2, -0.15) is 0 Å². The van der Waals surface area contributed by atoms with Crippen molar-refractivity contribution in [3.05, 3.63) is 97.9 Å². The van der Waals surface area contributed by atoms with Gasteiger partial charge in [-0.3, -0.25) is 14.5 Å². The fourth-order valence-electron chi connectivity index (χ4n) is 3.40. The zero-order chi connectivity index (χ0) is 24.2. The minimum absolute atomic E-state index is 0.173. The molecule has 3 aromatic rings. The molecule has 0 radical (unpaired) electrons. The number of halogens is 2. The van der Waals surface area contributed by atoms with Crippen molar-refractivity contribution in [2.24, 2.45) is 0 Å². The maximum absolute atomic E-state index is 13.0. The van der Waals surface area contributed by atoms with Crippen LogP contribution in [0.2, 0.25) is 10.0 Å². The Morgan fingerprint density at radius 1 is 1.03 bits per heavy atom. The molecule has 2 amide bonds. The molecule has 1 saturated heterocycles. The fourth-order valence-corrected chi connectivity index (χ4v) is 4.70. The van der Waals surface area contributed by atoms with Gasteiger partial charge in [-0.05, 0) is 48.5 Å². The Labute approximate surface area is 212 Å². The van der Waals surface area contributed by atoms with E-state index in [1.54, 1.807) is 42.5 Å². The average molecular weight is 514 g/mol. The first-order valence-corrected chi connectivity index (χ1v) is 12.0. The smallest absolute Gasteiger partial charge is 0.293 e. The largest absolute Gasteiger partial charge is 0.493 e. The first-order chi connectivity index (χ1) is 16.4. The minimum atomic E-state index is -0.343. The third-order valence-electron chi connectivity index (χ3n) is 5.24. The molecule has 0 aromatic heterocycles. The summed E-state index contributed by atoms with van der Waals surface area (Å²) in [5, 5.41) is 0.712. The second-order valence-corrected chi connectivity index (χ2v) is 9.49. The van der Waals surface area contributed by atoms with E-state index < -0.39 is 0 Å². The first kappa shape index (κ1) is 24.2. The number of amides is 2. The normalized spacial score (nSPS) is 14.7. The van der Waals surface area contributed by atoms with Gasteiger partial charge in [0.05, 0.1) is 18.6 Å². The lowest BCUT2D eigenvalue weighted by Gasteiger charge is -2.15. The number of nitrogens with zero attached hydrogens (tertiary/aromatic N) is 1. The molecule has 1 fully saturated rings. The Morgan fingerprint density at radius 3 is 2.50 bits per heavy atom. The maximum atomic E-state index is 13.0. The minimum Gasteiger partial charge on any atom is -0.493 e. The summed E-state index contributed by atoms with van der Waals surface area (Å²) in [6.45, 7) is 2.38. The van der Waals surface area contributed by atoms with E-state index in [0.717, 1.165) is 28.5 Å². The van der Waals surface area contributed by atoms with E-state index in [9.17, 15) is 9.59 Å². The van der Waals surface area contributed by atoms with Crippen molar-refractivity contribution < 1.29 is 19.1 Å². The second-order valence-electron chi connectivity index (χ2n) is 7.66. The van der Waals surface area contributed by atoms with Crippen LogP contribution in [0.25, 0.3) is 6.08 Å². The van der Waals surface area contributed by atoms with Crippen molar-refractivity contribution in [3.63, 3.8) is 0 Å². The molecule has 174 valence electrons. The summed E-state index contributed by atoms with van der Waals surface area (Å²) >= 11 is 13.2. The van der Waals surface area contributed by atoms with E-state index in [4.69, 9.17) is 32.7 Å². The molecule has 0 aliphatic carbocycles. The van der Waals surface area contributed by atoms with Crippen LogP contribution < -0.4 is 9.47 Å². The van der Waals surface area contributed by atoms with Crippen molar-refractivity contribution >= 4 is 52.2 Å². The predicted molar refractivity (Wildman–Crippen MR) is 136 cm³/mol. The van der Waals surface area contributed by atoms with Gasteiger partial charge < -0.3 is 9.47 Å². The molecule has 1 aliphatic rings. The quantitative estimate of drug-likeness (QED) is 0.314. The van der Waals surface area contributed by atoms with Crippen molar-refractivity contribution in [1.29, 1.82) is 0 Å². The Bertz CT molecular complexity index is 1270. The van der Waals surface area contributed by atoms with Crippen LogP contribution >= 0.6 is 35.0 Å². The predicted octanol–water partition coefficient (Wildman–Crippen LogP) is 7.13. The molecular weight excluding hydrogens is 493 g/mol. The monoisotopic (exact) mass is 513 g/mol. The number of hydrogen-bond donors (Lipinski definition) is 0. The molecule has 0 N–H and O–H groups in total. The molecule has 0 unspecified atom stereocenters. The van der Waals surface area contributed by atoms with Gasteiger partial charge in [0.15, 0.2) is 11.5 Å². The molecule has 8 heteroatoms. The summed E-state index contributed by atoms with van der Waals surface area (Å²) in [6.07, 6.45) is 1.65. The van der Waals surface area contributed by atoms with Gasteiger partial charge in [-0.15, -0.1) is 0 Å². The van der Waals surface area contributed by atoms with E-state index in [2.05, 4.69) is 0 Å². The molecule has 0 bridgehead atoms. The number of imide groups is 1. The van der Waals surface area contributed by atoms with Gasteiger partial charge in [0.2, 0.25) is 0 Å². The number of thioether (sulfide) groups is 1. The van der Waals surface area contributed by atoms with Gasteiger partial charge in [-0.25, -0.2) is 0 Å². The standard InChI is InChI=1S/C26H21Cl2NO4S/c1-16-6-8-17(9-7-16)14-29-25(30)23(34-26(29)31)12-18-4-3-5-22(32-2)24(18)33-15-19-10-11-20(27)13-21(19)28/h3-13H,14-15H2,1-2H3/b23-12-. The van der Waals surface area contributed by atoms with Crippen molar-refractivity contribution in [1.82, 2.24) is 4.90 Å². The topological polar surface area (TPSA) is 55.8 Å². The van der Waals surface area contributed by atoms with Gasteiger partial charge >= 0.3 is 0 Å². The summed E-state index contributed by atoms with van der Waals surface area (Å²) in [4.78, 5) is 27.2. The number of benzene rings is 3. The molecule has 5 nitrogen and oxygen atoms in total. The molecule has 34 heavy (non-hydrogen) atoms. The van der Waals surface area contributed by atoms with Crippen LogP contribution in [0.1, 0.15) is 22.3 Å². The Hall–Kier alpha value is -2.93. The fraction of sp³-hybridized carbons (Fsp3) is 0.154. The van der Waals surface area contributed by atoms with E-state index in [1.165, 1.54) is 12.0 Å². The number of hydrogen-bond acceptors (Lipinski definition) is 5. The second kappa shape index (κ2) is 10.6. The molecule has 3 aromatic carbocycles. The van der Waals surface area contributed by atoms with Crippen LogP contribution in [0, 0.1) is 6.92 Å². The van der Waals surface area contributed by atoms with Gasteiger partial charge in [0, 0.05) is 21.2 Å². The van der Waals surface area contributed by atoms with Crippen LogP contribution in [0.3, 0.4) is 0 Å². The number of para-hydroxylation sites is 1.